The highest BCUT2D eigenvalue weighted by atomic mass is 19.1. The van der Waals surface area contributed by atoms with Gasteiger partial charge < -0.3 is 15.0 Å². The van der Waals surface area contributed by atoms with Gasteiger partial charge in [-0.15, -0.1) is 0 Å². The molecule has 0 radical (unpaired) electrons. The highest BCUT2D eigenvalue weighted by Crippen LogP contribution is 2.33. The van der Waals surface area contributed by atoms with Crippen LogP contribution in [0.25, 0.3) is 0 Å². The molecule has 0 unspecified atom stereocenters. The fourth-order valence-electron chi connectivity index (χ4n) is 3.37. The first-order chi connectivity index (χ1) is 14.8. The molecular weight excluding hydrogens is 399 g/mol. The predicted octanol–water partition coefficient (Wildman–Crippen LogP) is 3.56. The second-order valence-corrected chi connectivity index (χ2v) is 7.75. The van der Waals surface area contributed by atoms with Gasteiger partial charge in [0.1, 0.15) is 18.1 Å². The maximum atomic E-state index is 13.4. The molecule has 0 saturated carbocycles. The molecule has 1 aliphatic heterocycles. The number of nitrogens with one attached hydrogen (secondary N) is 1. The van der Waals surface area contributed by atoms with Crippen molar-refractivity contribution in [2.45, 2.75) is 32.4 Å². The van der Waals surface area contributed by atoms with Crippen molar-refractivity contribution in [3.05, 3.63) is 65.5 Å². The number of halogens is 1. The number of rotatable bonds is 6. The second-order valence-electron chi connectivity index (χ2n) is 7.75. The summed E-state index contributed by atoms with van der Waals surface area (Å²) in [7, 11) is 3.15. The maximum absolute atomic E-state index is 13.4. The van der Waals surface area contributed by atoms with Gasteiger partial charge in [0.2, 0.25) is 0 Å². The summed E-state index contributed by atoms with van der Waals surface area (Å²) in [5, 5.41) is 8.73. The number of hydrazone groups is 1. The fraction of sp³-hybridized carbons (Fsp3) is 0.348. The number of benzene rings is 2. The zero-order chi connectivity index (χ0) is 22.5. The minimum Gasteiger partial charge on any atom is -0.497 e. The normalized spacial score (nSPS) is 15.6. The van der Waals surface area contributed by atoms with Crippen LogP contribution in [0.1, 0.15) is 37.4 Å². The van der Waals surface area contributed by atoms with E-state index in [0.717, 1.165) is 16.8 Å². The molecule has 0 aromatic heterocycles. The van der Waals surface area contributed by atoms with E-state index in [2.05, 4.69) is 10.4 Å². The van der Waals surface area contributed by atoms with Crippen molar-refractivity contribution < 1.29 is 18.7 Å². The molecular formula is C23H27FN4O3. The van der Waals surface area contributed by atoms with E-state index in [0.29, 0.717) is 12.2 Å². The van der Waals surface area contributed by atoms with Crippen molar-refractivity contribution in [3.8, 4) is 5.75 Å². The molecule has 3 rings (SSSR count). The van der Waals surface area contributed by atoms with Crippen LogP contribution < -0.4 is 10.1 Å². The van der Waals surface area contributed by atoms with Gasteiger partial charge in [-0.2, -0.15) is 5.10 Å². The third-order valence-corrected chi connectivity index (χ3v) is 4.95. The van der Waals surface area contributed by atoms with Gasteiger partial charge in [0.15, 0.2) is 0 Å². The summed E-state index contributed by atoms with van der Waals surface area (Å²) in [5.41, 5.74) is 2.33. The number of methoxy groups -OCH3 is 1. The second kappa shape index (κ2) is 9.59. The lowest BCUT2D eigenvalue weighted by Gasteiger charge is -2.25. The Morgan fingerprint density at radius 2 is 1.97 bits per heavy atom. The van der Waals surface area contributed by atoms with Gasteiger partial charge in [0.25, 0.3) is 5.91 Å². The molecule has 1 N–H and O–H groups in total. The minimum atomic E-state index is -0.393. The third-order valence-electron chi connectivity index (χ3n) is 4.95. The quantitative estimate of drug-likeness (QED) is 0.768. The molecule has 3 amide bonds. The molecule has 31 heavy (non-hydrogen) atoms. The summed E-state index contributed by atoms with van der Waals surface area (Å²) in [6.45, 7) is 3.57. The number of carbonyl (C=O) groups excluding carboxylic acids is 2. The lowest BCUT2D eigenvalue weighted by atomic mass is 9.98. The molecule has 0 aliphatic carbocycles. The standard InChI is InChI=1S/C23H27FN4O3/c1-15(2)25-23(30)27(3)14-22(29)28-21(16-8-10-18(24)11-9-16)13-20(26-28)17-6-5-7-19(12-17)31-4/h5-12,15,21H,13-14H2,1-4H3,(H,25,30)/t21-/m0/s1. The van der Waals surface area contributed by atoms with E-state index in [1.165, 1.54) is 22.0 Å². The average molecular weight is 426 g/mol. The molecule has 164 valence electrons. The van der Waals surface area contributed by atoms with Gasteiger partial charge in [-0.1, -0.05) is 24.3 Å². The van der Waals surface area contributed by atoms with Crippen LogP contribution >= 0.6 is 0 Å². The van der Waals surface area contributed by atoms with Crippen molar-refractivity contribution in [1.29, 1.82) is 0 Å². The Bertz CT molecular complexity index is 975. The Kier molecular flexibility index (Phi) is 6.89. The Hall–Kier alpha value is -3.42. The van der Waals surface area contributed by atoms with E-state index in [1.807, 2.05) is 38.1 Å². The third kappa shape index (κ3) is 5.39. The lowest BCUT2D eigenvalue weighted by Crippen LogP contribution is -2.45. The Morgan fingerprint density at radius 3 is 2.61 bits per heavy atom. The molecule has 0 bridgehead atoms. The van der Waals surface area contributed by atoms with Gasteiger partial charge >= 0.3 is 6.03 Å². The van der Waals surface area contributed by atoms with Crippen LogP contribution in [0.2, 0.25) is 0 Å². The number of carbonyl (C=O) groups is 2. The van der Waals surface area contributed by atoms with Crippen LogP contribution in [0.15, 0.2) is 53.6 Å². The van der Waals surface area contributed by atoms with E-state index in [1.54, 1.807) is 26.3 Å². The molecule has 8 heteroatoms. The summed E-state index contributed by atoms with van der Waals surface area (Å²) in [5.74, 6) is 0.0145. The number of hydrogen-bond donors (Lipinski definition) is 1. The van der Waals surface area contributed by atoms with Gasteiger partial charge in [-0.25, -0.2) is 14.2 Å². The predicted molar refractivity (Wildman–Crippen MR) is 116 cm³/mol. The SMILES string of the molecule is COc1cccc(C2=NN(C(=O)CN(C)C(=O)NC(C)C)[C@H](c3ccc(F)cc3)C2)c1. The Labute approximate surface area is 181 Å². The van der Waals surface area contributed by atoms with Crippen LogP contribution in [-0.4, -0.2) is 54.3 Å². The zero-order valence-electron chi connectivity index (χ0n) is 18.1. The first kappa shape index (κ1) is 22.3. The monoisotopic (exact) mass is 426 g/mol. The molecule has 0 spiro atoms. The van der Waals surface area contributed by atoms with E-state index >= 15 is 0 Å². The number of nitrogens with zero attached hydrogens (tertiary/aromatic N) is 3. The van der Waals surface area contributed by atoms with Crippen molar-refractivity contribution in [3.63, 3.8) is 0 Å². The number of likely N-dealkylation sites (N-methyl/N-ethyl adjacent to an activating group) is 1. The van der Waals surface area contributed by atoms with Crippen LogP contribution in [0.5, 0.6) is 5.75 Å². The Balaban J connectivity index is 1.87. The van der Waals surface area contributed by atoms with Gasteiger partial charge in [0.05, 0.1) is 18.9 Å². The molecule has 0 saturated heterocycles. The first-order valence-corrected chi connectivity index (χ1v) is 10.1. The molecule has 1 atom stereocenters. The topological polar surface area (TPSA) is 74.2 Å². The van der Waals surface area contributed by atoms with E-state index < -0.39 is 6.04 Å². The van der Waals surface area contributed by atoms with Crippen LogP contribution in [0.3, 0.4) is 0 Å². The minimum absolute atomic E-state index is 0.0403. The van der Waals surface area contributed by atoms with Crippen LogP contribution in [0, 0.1) is 5.82 Å². The van der Waals surface area contributed by atoms with Gasteiger partial charge in [-0.05, 0) is 43.7 Å². The first-order valence-electron chi connectivity index (χ1n) is 10.1. The summed E-state index contributed by atoms with van der Waals surface area (Å²) >= 11 is 0. The summed E-state index contributed by atoms with van der Waals surface area (Å²) < 4.78 is 18.7. The molecule has 7 nitrogen and oxygen atoms in total. The zero-order valence-corrected chi connectivity index (χ0v) is 18.1. The average Bonchev–Trinajstić information content (AvgIpc) is 3.19. The van der Waals surface area contributed by atoms with Gasteiger partial charge in [0, 0.05) is 25.1 Å². The van der Waals surface area contributed by atoms with E-state index in [9.17, 15) is 14.0 Å². The molecule has 1 heterocycles. The van der Waals surface area contributed by atoms with Crippen molar-refractivity contribution in [2.75, 3.05) is 20.7 Å². The summed E-state index contributed by atoms with van der Waals surface area (Å²) in [6.07, 6.45) is 0.465. The number of ether oxygens (including phenoxy) is 1. The van der Waals surface area contributed by atoms with Crippen molar-refractivity contribution in [1.82, 2.24) is 15.2 Å². The lowest BCUT2D eigenvalue weighted by molar-refractivity contribution is -0.133. The molecule has 1 aliphatic rings. The number of amides is 3. The smallest absolute Gasteiger partial charge is 0.317 e. The largest absolute Gasteiger partial charge is 0.497 e. The summed E-state index contributed by atoms with van der Waals surface area (Å²) in [4.78, 5) is 26.6. The summed E-state index contributed by atoms with van der Waals surface area (Å²) in [6, 6.07) is 12.7. The van der Waals surface area contributed by atoms with Crippen LogP contribution in [0.4, 0.5) is 9.18 Å². The van der Waals surface area contributed by atoms with Crippen molar-refractivity contribution in [2.24, 2.45) is 5.10 Å². The molecule has 0 fully saturated rings. The van der Waals surface area contributed by atoms with E-state index in [4.69, 9.17) is 4.74 Å². The van der Waals surface area contributed by atoms with Gasteiger partial charge in [-0.3, -0.25) is 4.79 Å². The highest BCUT2D eigenvalue weighted by Gasteiger charge is 2.34. The van der Waals surface area contributed by atoms with Crippen molar-refractivity contribution >= 4 is 17.6 Å². The highest BCUT2D eigenvalue weighted by molar-refractivity contribution is 6.03. The fourth-order valence-corrected chi connectivity index (χ4v) is 3.37. The van der Waals surface area contributed by atoms with E-state index in [-0.39, 0.29) is 30.3 Å². The molecule has 2 aromatic carbocycles. The van der Waals surface area contributed by atoms with Crippen LogP contribution in [-0.2, 0) is 4.79 Å². The Morgan fingerprint density at radius 1 is 1.26 bits per heavy atom. The molecule has 2 aromatic rings. The number of hydrogen-bond acceptors (Lipinski definition) is 4. The maximum Gasteiger partial charge on any atom is 0.317 e. The number of urea groups is 1.